The summed E-state index contributed by atoms with van der Waals surface area (Å²) < 4.78 is 5.11. The number of hydrogen-bond acceptors (Lipinski definition) is 5. The number of hydroxylamine groups is 1. The average Bonchev–Trinajstić information content (AvgIpc) is 2.59. The lowest BCUT2D eigenvalue weighted by Crippen LogP contribution is -2.47. The number of carbonyl (C=O) groups is 1. The zero-order valence-corrected chi connectivity index (χ0v) is 14.1. The van der Waals surface area contributed by atoms with Crippen molar-refractivity contribution < 1.29 is 14.4 Å². The smallest absolute Gasteiger partial charge is 0.222 e. The van der Waals surface area contributed by atoms with Crippen LogP contribution in [-0.2, 0) is 16.2 Å². The number of ether oxygens (including phenoxy) is 1. The number of likely N-dealkylation sites (N-methyl/N-ethyl adjacent to an activating group) is 1. The predicted molar refractivity (Wildman–Crippen MR) is 89.1 cm³/mol. The van der Waals surface area contributed by atoms with Crippen molar-refractivity contribution in [1.29, 1.82) is 0 Å². The van der Waals surface area contributed by atoms with Crippen LogP contribution in [0, 0.1) is 0 Å². The maximum absolute atomic E-state index is 12.0. The first-order valence-electron chi connectivity index (χ1n) is 8.13. The number of methoxy groups -OCH3 is 1. The standard InChI is InChI=1S/C17H27N3O3/c1-19-9-11-20(12-10-19)17(21)4-3-13-23-18-14-15-5-7-16(22-2)8-6-15/h5-8,18H,3-4,9-14H2,1-2H3. The Labute approximate surface area is 138 Å². The van der Waals surface area contributed by atoms with E-state index in [-0.39, 0.29) is 5.91 Å². The van der Waals surface area contributed by atoms with Crippen molar-refractivity contribution in [3.63, 3.8) is 0 Å². The molecule has 0 atom stereocenters. The van der Waals surface area contributed by atoms with E-state index >= 15 is 0 Å². The molecule has 6 heteroatoms. The Morgan fingerprint density at radius 1 is 1.17 bits per heavy atom. The van der Waals surface area contributed by atoms with Gasteiger partial charge < -0.3 is 19.4 Å². The average molecular weight is 321 g/mol. The van der Waals surface area contributed by atoms with E-state index in [4.69, 9.17) is 9.57 Å². The Morgan fingerprint density at radius 3 is 2.52 bits per heavy atom. The highest BCUT2D eigenvalue weighted by molar-refractivity contribution is 5.76. The first kappa shape index (κ1) is 17.7. The Hall–Kier alpha value is -1.63. The Balaban J connectivity index is 1.52. The molecule has 1 aliphatic rings. The molecule has 1 N–H and O–H groups in total. The Kier molecular flexibility index (Phi) is 7.32. The van der Waals surface area contributed by atoms with Gasteiger partial charge in [0.25, 0.3) is 0 Å². The zero-order chi connectivity index (χ0) is 16.5. The van der Waals surface area contributed by atoms with Crippen LogP contribution in [0.5, 0.6) is 5.75 Å². The number of nitrogens with zero attached hydrogens (tertiary/aromatic N) is 2. The summed E-state index contributed by atoms with van der Waals surface area (Å²) in [7, 11) is 3.74. The quantitative estimate of drug-likeness (QED) is 0.577. The van der Waals surface area contributed by atoms with Crippen molar-refractivity contribution in [2.24, 2.45) is 0 Å². The molecule has 1 aromatic rings. The van der Waals surface area contributed by atoms with Gasteiger partial charge in [-0.05, 0) is 31.2 Å². The molecule has 1 amide bonds. The summed E-state index contributed by atoms with van der Waals surface area (Å²) >= 11 is 0. The SMILES string of the molecule is COc1ccc(CNOCCCC(=O)N2CCN(C)CC2)cc1. The third-order valence-corrected chi connectivity index (χ3v) is 4.03. The molecule has 1 heterocycles. The molecule has 0 bridgehead atoms. The molecule has 2 rings (SSSR count). The zero-order valence-electron chi connectivity index (χ0n) is 14.1. The maximum Gasteiger partial charge on any atom is 0.222 e. The predicted octanol–water partition coefficient (Wildman–Crippen LogP) is 1.27. The number of carbonyl (C=O) groups excluding carboxylic acids is 1. The molecule has 1 aromatic carbocycles. The van der Waals surface area contributed by atoms with E-state index in [0.717, 1.165) is 43.9 Å². The number of piperazine rings is 1. The molecule has 0 aromatic heterocycles. The van der Waals surface area contributed by atoms with Crippen LogP contribution in [0.25, 0.3) is 0 Å². The molecule has 23 heavy (non-hydrogen) atoms. The van der Waals surface area contributed by atoms with Crippen LogP contribution in [-0.4, -0.2) is 62.7 Å². The lowest BCUT2D eigenvalue weighted by Gasteiger charge is -2.32. The molecule has 1 saturated heterocycles. The van der Waals surface area contributed by atoms with E-state index in [1.54, 1.807) is 7.11 Å². The van der Waals surface area contributed by atoms with Crippen LogP contribution >= 0.6 is 0 Å². The van der Waals surface area contributed by atoms with Crippen LogP contribution in [0.3, 0.4) is 0 Å². The van der Waals surface area contributed by atoms with Gasteiger partial charge >= 0.3 is 0 Å². The lowest BCUT2D eigenvalue weighted by atomic mass is 10.2. The van der Waals surface area contributed by atoms with E-state index < -0.39 is 0 Å². The fraction of sp³-hybridized carbons (Fsp3) is 0.588. The fourth-order valence-electron chi connectivity index (χ4n) is 2.46. The van der Waals surface area contributed by atoms with Gasteiger partial charge in [-0.3, -0.25) is 4.79 Å². The van der Waals surface area contributed by atoms with Gasteiger partial charge in [-0.25, -0.2) is 0 Å². The Bertz CT molecular complexity index is 470. The largest absolute Gasteiger partial charge is 0.497 e. The van der Waals surface area contributed by atoms with E-state index in [0.29, 0.717) is 19.6 Å². The lowest BCUT2D eigenvalue weighted by molar-refractivity contribution is -0.133. The molecule has 128 valence electrons. The van der Waals surface area contributed by atoms with Gasteiger partial charge in [0.1, 0.15) is 5.75 Å². The first-order valence-corrected chi connectivity index (χ1v) is 8.13. The number of nitrogens with one attached hydrogen (secondary N) is 1. The van der Waals surface area contributed by atoms with Crippen LogP contribution in [0.15, 0.2) is 24.3 Å². The molecule has 0 saturated carbocycles. The number of rotatable bonds is 8. The summed E-state index contributed by atoms with van der Waals surface area (Å²) in [5.74, 6) is 1.08. The second kappa shape index (κ2) is 9.50. The third kappa shape index (κ3) is 6.17. The van der Waals surface area contributed by atoms with E-state index in [1.165, 1.54) is 0 Å². The highest BCUT2D eigenvalue weighted by Crippen LogP contribution is 2.11. The van der Waals surface area contributed by atoms with E-state index in [9.17, 15) is 4.79 Å². The molecular formula is C17H27N3O3. The minimum atomic E-state index is 0.233. The van der Waals surface area contributed by atoms with Crippen molar-refractivity contribution >= 4 is 5.91 Å². The van der Waals surface area contributed by atoms with Crippen LogP contribution in [0.1, 0.15) is 18.4 Å². The van der Waals surface area contributed by atoms with Crippen molar-refractivity contribution in [2.75, 3.05) is 46.9 Å². The van der Waals surface area contributed by atoms with Crippen LogP contribution < -0.4 is 10.2 Å². The maximum atomic E-state index is 12.0. The minimum Gasteiger partial charge on any atom is -0.497 e. The summed E-state index contributed by atoms with van der Waals surface area (Å²) in [6.07, 6.45) is 1.29. The molecule has 6 nitrogen and oxygen atoms in total. The molecule has 0 unspecified atom stereocenters. The monoisotopic (exact) mass is 321 g/mol. The normalized spacial score (nSPS) is 15.7. The first-order chi connectivity index (χ1) is 11.2. The number of benzene rings is 1. The van der Waals surface area contributed by atoms with Gasteiger partial charge in [-0.15, -0.1) is 0 Å². The molecule has 0 aliphatic carbocycles. The highest BCUT2D eigenvalue weighted by atomic mass is 16.6. The van der Waals surface area contributed by atoms with Gasteiger partial charge in [0.15, 0.2) is 0 Å². The summed E-state index contributed by atoms with van der Waals surface area (Å²) in [5, 5.41) is 0. The molecule has 0 spiro atoms. The van der Waals surface area contributed by atoms with E-state index in [2.05, 4.69) is 17.4 Å². The summed E-state index contributed by atoms with van der Waals surface area (Å²) in [5.41, 5.74) is 4.05. The van der Waals surface area contributed by atoms with E-state index in [1.807, 2.05) is 29.2 Å². The number of hydrogen-bond donors (Lipinski definition) is 1. The van der Waals surface area contributed by atoms with Gasteiger partial charge in [-0.1, -0.05) is 12.1 Å². The minimum absolute atomic E-state index is 0.233. The van der Waals surface area contributed by atoms with Gasteiger partial charge in [-0.2, -0.15) is 5.48 Å². The molecule has 0 radical (unpaired) electrons. The highest BCUT2D eigenvalue weighted by Gasteiger charge is 2.18. The van der Waals surface area contributed by atoms with Crippen molar-refractivity contribution in [3.8, 4) is 5.75 Å². The topological polar surface area (TPSA) is 54.0 Å². The molecule has 1 aliphatic heterocycles. The molecule has 1 fully saturated rings. The van der Waals surface area contributed by atoms with Gasteiger partial charge in [0, 0.05) is 39.1 Å². The van der Waals surface area contributed by atoms with Gasteiger partial charge in [0.2, 0.25) is 5.91 Å². The van der Waals surface area contributed by atoms with Crippen molar-refractivity contribution in [3.05, 3.63) is 29.8 Å². The van der Waals surface area contributed by atoms with Gasteiger partial charge in [0.05, 0.1) is 13.7 Å². The summed E-state index contributed by atoms with van der Waals surface area (Å²) in [4.78, 5) is 21.6. The van der Waals surface area contributed by atoms with Crippen LogP contribution in [0.4, 0.5) is 0 Å². The van der Waals surface area contributed by atoms with Crippen molar-refractivity contribution in [1.82, 2.24) is 15.3 Å². The third-order valence-electron chi connectivity index (χ3n) is 4.03. The molecular weight excluding hydrogens is 294 g/mol. The van der Waals surface area contributed by atoms with Crippen LogP contribution in [0.2, 0.25) is 0 Å². The second-order valence-electron chi connectivity index (χ2n) is 5.81. The second-order valence-corrected chi connectivity index (χ2v) is 5.81. The fourth-order valence-corrected chi connectivity index (χ4v) is 2.46. The summed E-state index contributed by atoms with van der Waals surface area (Å²) in [6, 6.07) is 7.83. The number of amides is 1. The van der Waals surface area contributed by atoms with Crippen molar-refractivity contribution in [2.45, 2.75) is 19.4 Å². The Morgan fingerprint density at radius 2 is 1.87 bits per heavy atom. The summed E-state index contributed by atoms with van der Waals surface area (Å²) in [6.45, 7) is 4.78.